The Morgan fingerprint density at radius 1 is 1.38 bits per heavy atom. The molecule has 1 saturated heterocycles. The second-order valence-electron chi connectivity index (χ2n) is 6.93. The molecule has 2 unspecified atom stereocenters. The molecule has 7 heteroatoms. The molecule has 0 aromatic heterocycles. The van der Waals surface area contributed by atoms with Crippen LogP contribution in [0.2, 0.25) is 0 Å². The minimum Gasteiger partial charge on any atom is -0.591 e. The van der Waals surface area contributed by atoms with Gasteiger partial charge in [0.05, 0.1) is 25.5 Å². The zero-order valence-corrected chi connectivity index (χ0v) is 14.5. The Morgan fingerprint density at radius 3 is 2.52 bits per heavy atom. The molecular formula is C14H26N2O4S. The zero-order valence-electron chi connectivity index (χ0n) is 13.7. The number of rotatable bonds is 2. The van der Waals surface area contributed by atoms with Gasteiger partial charge >= 0.3 is 6.09 Å². The maximum atomic E-state index is 12.2. The van der Waals surface area contributed by atoms with E-state index in [1.165, 1.54) is 6.21 Å². The number of nitrogens with zero attached hydrogens (tertiary/aromatic N) is 2. The smallest absolute Gasteiger partial charge is 0.410 e. The van der Waals surface area contributed by atoms with Crippen molar-refractivity contribution in [2.24, 2.45) is 4.40 Å². The number of carbonyl (C=O) groups is 1. The van der Waals surface area contributed by atoms with Crippen molar-refractivity contribution < 1.29 is 18.8 Å². The lowest BCUT2D eigenvalue weighted by molar-refractivity contribution is -0.0169. The van der Waals surface area contributed by atoms with Crippen molar-refractivity contribution in [1.82, 2.24) is 4.90 Å². The Labute approximate surface area is 130 Å². The van der Waals surface area contributed by atoms with E-state index in [0.29, 0.717) is 19.8 Å². The third-order valence-corrected chi connectivity index (χ3v) is 4.01. The van der Waals surface area contributed by atoms with Gasteiger partial charge in [-0.2, -0.15) is 0 Å². The monoisotopic (exact) mass is 318 g/mol. The van der Waals surface area contributed by atoms with Crippen molar-refractivity contribution in [2.75, 3.05) is 19.8 Å². The fourth-order valence-corrected chi connectivity index (χ4v) is 2.14. The van der Waals surface area contributed by atoms with Crippen molar-refractivity contribution in [3.8, 4) is 0 Å². The summed E-state index contributed by atoms with van der Waals surface area (Å²) in [6.45, 7) is 12.3. The van der Waals surface area contributed by atoms with Crippen LogP contribution in [0.25, 0.3) is 0 Å². The van der Waals surface area contributed by atoms with Crippen molar-refractivity contribution >= 4 is 23.7 Å². The molecule has 2 atom stereocenters. The van der Waals surface area contributed by atoms with Gasteiger partial charge in [0.2, 0.25) is 0 Å². The summed E-state index contributed by atoms with van der Waals surface area (Å²) in [7, 11) is 0. The SMILES string of the molecule is CC(C)(C)OC(=O)N1CCOCC1C=N[S+]([O-])C(C)(C)C. The standard InChI is InChI=1S/C14H26N2O4S/c1-13(2,3)20-12(17)16-7-8-19-10-11(16)9-15-21(18)14(4,5)6/h9,11H,7-8,10H2,1-6H3. The summed E-state index contributed by atoms with van der Waals surface area (Å²) >= 11 is -1.35. The van der Waals surface area contributed by atoms with E-state index < -0.39 is 27.8 Å². The fourth-order valence-electron chi connectivity index (χ4n) is 1.58. The van der Waals surface area contributed by atoms with Crippen LogP contribution in [0, 0.1) is 0 Å². The topological polar surface area (TPSA) is 74.2 Å². The molecule has 0 N–H and O–H groups in total. The molecule has 0 radical (unpaired) electrons. The fraction of sp³-hybridized carbons (Fsp3) is 0.857. The molecule has 1 amide bonds. The highest BCUT2D eigenvalue weighted by Crippen LogP contribution is 2.18. The first-order chi connectivity index (χ1) is 9.50. The van der Waals surface area contributed by atoms with Crippen LogP contribution in [0.5, 0.6) is 0 Å². The van der Waals surface area contributed by atoms with E-state index in [1.807, 2.05) is 41.5 Å². The zero-order chi connectivity index (χ0) is 16.3. The van der Waals surface area contributed by atoms with E-state index in [-0.39, 0.29) is 6.04 Å². The molecular weight excluding hydrogens is 292 g/mol. The summed E-state index contributed by atoms with van der Waals surface area (Å²) in [5.74, 6) is 0. The Balaban J connectivity index is 2.74. The highest BCUT2D eigenvalue weighted by atomic mass is 32.2. The number of hydrogen-bond donors (Lipinski definition) is 0. The van der Waals surface area contributed by atoms with Crippen molar-refractivity contribution in [1.29, 1.82) is 0 Å². The van der Waals surface area contributed by atoms with Crippen LogP contribution < -0.4 is 0 Å². The normalized spacial score (nSPS) is 22.4. The van der Waals surface area contributed by atoms with Crippen molar-refractivity contribution in [3.63, 3.8) is 0 Å². The maximum Gasteiger partial charge on any atom is 0.410 e. The number of ether oxygens (including phenoxy) is 2. The molecule has 0 aromatic rings. The van der Waals surface area contributed by atoms with Crippen LogP contribution in [0.1, 0.15) is 41.5 Å². The predicted octanol–water partition coefficient (Wildman–Crippen LogP) is 2.16. The summed E-state index contributed by atoms with van der Waals surface area (Å²) in [5, 5.41) is 0. The highest BCUT2D eigenvalue weighted by molar-refractivity contribution is 7.91. The van der Waals surface area contributed by atoms with Gasteiger partial charge in [0.15, 0.2) is 0 Å². The van der Waals surface area contributed by atoms with Gasteiger partial charge < -0.3 is 14.0 Å². The van der Waals surface area contributed by atoms with Crippen LogP contribution in [0.15, 0.2) is 4.40 Å². The summed E-state index contributed by atoms with van der Waals surface area (Å²) in [6, 6.07) is -0.347. The minimum atomic E-state index is -1.35. The van der Waals surface area contributed by atoms with Crippen LogP contribution >= 0.6 is 0 Å². The highest BCUT2D eigenvalue weighted by Gasteiger charge is 2.32. The van der Waals surface area contributed by atoms with Crippen LogP contribution in [-0.2, 0) is 20.8 Å². The first-order valence-corrected chi connectivity index (χ1v) is 8.15. The molecule has 1 fully saturated rings. The molecule has 1 aliphatic heterocycles. The van der Waals surface area contributed by atoms with E-state index in [1.54, 1.807) is 4.90 Å². The number of carbonyl (C=O) groups excluding carboxylic acids is 1. The summed E-state index contributed by atoms with van der Waals surface area (Å²) < 4.78 is 26.3. The predicted molar refractivity (Wildman–Crippen MR) is 83.9 cm³/mol. The molecule has 6 nitrogen and oxygen atoms in total. The number of morpholine rings is 1. The third-order valence-electron chi connectivity index (χ3n) is 2.65. The van der Waals surface area contributed by atoms with Gasteiger partial charge in [0.25, 0.3) is 0 Å². The van der Waals surface area contributed by atoms with E-state index in [2.05, 4.69) is 4.40 Å². The molecule has 1 rings (SSSR count). The van der Waals surface area contributed by atoms with Crippen molar-refractivity contribution in [2.45, 2.75) is 57.9 Å². The van der Waals surface area contributed by atoms with Gasteiger partial charge in [0.1, 0.15) is 21.7 Å². The van der Waals surface area contributed by atoms with E-state index in [0.717, 1.165) is 0 Å². The second-order valence-corrected chi connectivity index (χ2v) is 8.87. The van der Waals surface area contributed by atoms with Gasteiger partial charge in [-0.3, -0.25) is 4.90 Å². The minimum absolute atomic E-state index is 0.337. The molecule has 1 aliphatic rings. The molecule has 1 heterocycles. The Hall–Kier alpha value is -0.790. The van der Waals surface area contributed by atoms with Crippen LogP contribution in [-0.4, -0.2) is 57.9 Å². The second kappa shape index (κ2) is 6.98. The van der Waals surface area contributed by atoms with Gasteiger partial charge in [-0.25, -0.2) is 4.79 Å². The van der Waals surface area contributed by atoms with Crippen LogP contribution in [0.4, 0.5) is 4.79 Å². The lowest BCUT2D eigenvalue weighted by Gasteiger charge is -2.34. The number of hydrogen-bond acceptors (Lipinski definition) is 5. The molecule has 0 spiro atoms. The third kappa shape index (κ3) is 6.23. The molecule has 0 aromatic carbocycles. The summed E-state index contributed by atoms with van der Waals surface area (Å²) in [5.41, 5.74) is -0.550. The molecule has 0 aliphatic carbocycles. The lowest BCUT2D eigenvalue weighted by Crippen LogP contribution is -2.51. The largest absolute Gasteiger partial charge is 0.591 e. The quantitative estimate of drug-likeness (QED) is 0.577. The van der Waals surface area contributed by atoms with Gasteiger partial charge in [0, 0.05) is 6.54 Å². The first-order valence-electron chi connectivity index (χ1n) is 7.04. The average molecular weight is 318 g/mol. The van der Waals surface area contributed by atoms with Gasteiger partial charge in [-0.1, -0.05) is 4.40 Å². The van der Waals surface area contributed by atoms with Gasteiger partial charge in [-0.05, 0) is 41.5 Å². The molecule has 122 valence electrons. The van der Waals surface area contributed by atoms with Gasteiger partial charge in [-0.15, -0.1) is 0 Å². The Morgan fingerprint density at radius 2 is 2.00 bits per heavy atom. The average Bonchev–Trinajstić information content (AvgIpc) is 2.33. The summed E-state index contributed by atoms with van der Waals surface area (Å²) in [4.78, 5) is 13.7. The van der Waals surface area contributed by atoms with E-state index in [9.17, 15) is 9.35 Å². The number of amides is 1. The van der Waals surface area contributed by atoms with Crippen molar-refractivity contribution in [3.05, 3.63) is 0 Å². The maximum absolute atomic E-state index is 12.2. The lowest BCUT2D eigenvalue weighted by atomic mass is 10.2. The Bertz CT molecular complexity index is 387. The van der Waals surface area contributed by atoms with E-state index in [4.69, 9.17) is 9.47 Å². The van der Waals surface area contributed by atoms with E-state index >= 15 is 0 Å². The summed E-state index contributed by atoms with van der Waals surface area (Å²) in [6.07, 6.45) is 1.13. The molecule has 21 heavy (non-hydrogen) atoms. The van der Waals surface area contributed by atoms with Crippen LogP contribution in [0.3, 0.4) is 0 Å². The molecule has 0 saturated carbocycles. The Kier molecular flexibility index (Phi) is 6.07. The first kappa shape index (κ1) is 18.3. The molecule has 0 bridgehead atoms.